The first-order chi connectivity index (χ1) is 7.20. The molecule has 2 saturated heterocycles. The fraction of sp³-hybridized carbons (Fsp3) is 0.909. The molecule has 3 atom stereocenters. The maximum Gasteiger partial charge on any atom is 0.227 e. The summed E-state index contributed by atoms with van der Waals surface area (Å²) in [5.41, 5.74) is 0. The molecule has 0 radical (unpaired) electrons. The first kappa shape index (κ1) is 10.9. The van der Waals surface area contributed by atoms with E-state index in [1.807, 2.05) is 11.9 Å². The molecule has 2 heterocycles. The van der Waals surface area contributed by atoms with Crippen molar-refractivity contribution < 1.29 is 9.53 Å². The Balaban J connectivity index is 1.94. The standard InChI is InChI=1S/C11H20N2O2/c1-8-10(3-5-12-8)11(14)13(2)9-4-6-15-7-9/h8-10,12H,3-7H2,1-2H3. The van der Waals surface area contributed by atoms with Crippen LogP contribution in [0.15, 0.2) is 0 Å². The Kier molecular flexibility index (Phi) is 3.26. The molecule has 1 N–H and O–H groups in total. The summed E-state index contributed by atoms with van der Waals surface area (Å²) in [6, 6.07) is 0.618. The molecule has 0 aromatic rings. The maximum atomic E-state index is 12.2. The van der Waals surface area contributed by atoms with E-state index >= 15 is 0 Å². The summed E-state index contributed by atoms with van der Waals surface area (Å²) in [6.07, 6.45) is 1.95. The number of rotatable bonds is 2. The van der Waals surface area contributed by atoms with E-state index in [1.54, 1.807) is 0 Å². The van der Waals surface area contributed by atoms with Crippen molar-refractivity contribution in [2.75, 3.05) is 26.8 Å². The Morgan fingerprint density at radius 1 is 1.47 bits per heavy atom. The molecule has 86 valence electrons. The van der Waals surface area contributed by atoms with Crippen LogP contribution in [0.1, 0.15) is 19.8 Å². The molecule has 3 unspecified atom stereocenters. The number of carbonyl (C=O) groups excluding carboxylic acids is 1. The minimum atomic E-state index is 0.163. The molecule has 2 aliphatic heterocycles. The third-order valence-electron chi connectivity index (χ3n) is 3.64. The van der Waals surface area contributed by atoms with Crippen molar-refractivity contribution in [3.8, 4) is 0 Å². The summed E-state index contributed by atoms with van der Waals surface area (Å²) in [5, 5.41) is 3.32. The molecular formula is C11H20N2O2. The zero-order chi connectivity index (χ0) is 10.8. The van der Waals surface area contributed by atoms with Crippen molar-refractivity contribution >= 4 is 5.91 Å². The highest BCUT2D eigenvalue weighted by Gasteiger charge is 2.34. The summed E-state index contributed by atoms with van der Waals surface area (Å²) < 4.78 is 5.31. The van der Waals surface area contributed by atoms with Crippen LogP contribution in [0.4, 0.5) is 0 Å². The van der Waals surface area contributed by atoms with Gasteiger partial charge in [-0.2, -0.15) is 0 Å². The monoisotopic (exact) mass is 212 g/mol. The minimum Gasteiger partial charge on any atom is -0.379 e. The van der Waals surface area contributed by atoms with Crippen LogP contribution in [0, 0.1) is 5.92 Å². The van der Waals surface area contributed by atoms with E-state index in [1.165, 1.54) is 0 Å². The van der Waals surface area contributed by atoms with Crippen molar-refractivity contribution in [2.24, 2.45) is 5.92 Å². The van der Waals surface area contributed by atoms with Crippen molar-refractivity contribution in [2.45, 2.75) is 31.8 Å². The number of hydrogen-bond donors (Lipinski definition) is 1. The molecule has 15 heavy (non-hydrogen) atoms. The van der Waals surface area contributed by atoms with Gasteiger partial charge in [-0.1, -0.05) is 0 Å². The van der Waals surface area contributed by atoms with Crippen LogP contribution in [0.2, 0.25) is 0 Å². The molecule has 0 aliphatic carbocycles. The van der Waals surface area contributed by atoms with E-state index in [4.69, 9.17) is 4.74 Å². The quantitative estimate of drug-likeness (QED) is 0.712. The van der Waals surface area contributed by atoms with Gasteiger partial charge in [0.25, 0.3) is 0 Å². The fourth-order valence-corrected chi connectivity index (χ4v) is 2.47. The van der Waals surface area contributed by atoms with Crippen molar-refractivity contribution in [3.05, 3.63) is 0 Å². The molecule has 2 rings (SSSR count). The van der Waals surface area contributed by atoms with Crippen LogP contribution in [0.3, 0.4) is 0 Å². The van der Waals surface area contributed by atoms with Crippen molar-refractivity contribution in [1.82, 2.24) is 10.2 Å². The van der Waals surface area contributed by atoms with Gasteiger partial charge in [0.15, 0.2) is 0 Å². The number of hydrogen-bond acceptors (Lipinski definition) is 3. The van der Waals surface area contributed by atoms with E-state index < -0.39 is 0 Å². The maximum absolute atomic E-state index is 12.2. The average molecular weight is 212 g/mol. The summed E-state index contributed by atoms with van der Waals surface area (Å²) in [6.45, 7) is 4.55. The van der Waals surface area contributed by atoms with Gasteiger partial charge in [0.05, 0.1) is 18.6 Å². The van der Waals surface area contributed by atoms with Gasteiger partial charge in [-0.15, -0.1) is 0 Å². The van der Waals surface area contributed by atoms with Gasteiger partial charge in [0.2, 0.25) is 5.91 Å². The predicted octanol–water partition coefficient (Wildman–Crippen LogP) is 0.232. The molecule has 1 amide bonds. The minimum absolute atomic E-state index is 0.163. The molecule has 0 spiro atoms. The van der Waals surface area contributed by atoms with Crippen molar-refractivity contribution in [1.29, 1.82) is 0 Å². The highest BCUT2D eigenvalue weighted by molar-refractivity contribution is 5.80. The molecule has 2 aliphatic rings. The van der Waals surface area contributed by atoms with E-state index in [9.17, 15) is 4.79 Å². The van der Waals surface area contributed by atoms with Gasteiger partial charge >= 0.3 is 0 Å². The number of nitrogens with one attached hydrogen (secondary N) is 1. The zero-order valence-electron chi connectivity index (χ0n) is 9.53. The first-order valence-corrected chi connectivity index (χ1v) is 5.78. The lowest BCUT2D eigenvalue weighted by Crippen LogP contribution is -2.43. The number of likely N-dealkylation sites (N-methyl/N-ethyl adjacent to an activating group) is 1. The molecule has 0 saturated carbocycles. The van der Waals surface area contributed by atoms with Gasteiger partial charge in [0, 0.05) is 19.7 Å². The molecular weight excluding hydrogens is 192 g/mol. The smallest absolute Gasteiger partial charge is 0.227 e. The van der Waals surface area contributed by atoms with Crippen LogP contribution < -0.4 is 5.32 Å². The van der Waals surface area contributed by atoms with E-state index in [0.29, 0.717) is 18.7 Å². The van der Waals surface area contributed by atoms with Gasteiger partial charge in [-0.05, 0) is 26.3 Å². The summed E-state index contributed by atoms with van der Waals surface area (Å²) >= 11 is 0. The number of nitrogens with zero attached hydrogens (tertiary/aromatic N) is 1. The molecule has 2 fully saturated rings. The Bertz CT molecular complexity index is 239. The third kappa shape index (κ3) is 2.16. The highest BCUT2D eigenvalue weighted by Crippen LogP contribution is 2.20. The van der Waals surface area contributed by atoms with Gasteiger partial charge in [0.1, 0.15) is 0 Å². The first-order valence-electron chi connectivity index (χ1n) is 5.78. The Morgan fingerprint density at radius 3 is 2.80 bits per heavy atom. The van der Waals surface area contributed by atoms with Crippen molar-refractivity contribution in [3.63, 3.8) is 0 Å². The third-order valence-corrected chi connectivity index (χ3v) is 3.64. The number of carbonyl (C=O) groups is 1. The van der Waals surface area contributed by atoms with Crippen LogP contribution >= 0.6 is 0 Å². The Hall–Kier alpha value is -0.610. The van der Waals surface area contributed by atoms with Crippen LogP contribution in [-0.2, 0) is 9.53 Å². The lowest BCUT2D eigenvalue weighted by molar-refractivity contribution is -0.136. The molecule has 0 aromatic carbocycles. The van der Waals surface area contributed by atoms with Crippen LogP contribution in [-0.4, -0.2) is 49.7 Å². The Morgan fingerprint density at radius 2 is 2.27 bits per heavy atom. The lowest BCUT2D eigenvalue weighted by atomic mass is 9.99. The van der Waals surface area contributed by atoms with Crippen LogP contribution in [0.25, 0.3) is 0 Å². The number of ether oxygens (including phenoxy) is 1. The number of amides is 1. The van der Waals surface area contributed by atoms with Gasteiger partial charge in [-0.25, -0.2) is 0 Å². The fourth-order valence-electron chi connectivity index (χ4n) is 2.47. The second-order valence-corrected chi connectivity index (χ2v) is 4.60. The second kappa shape index (κ2) is 4.49. The van der Waals surface area contributed by atoms with E-state index in [2.05, 4.69) is 12.2 Å². The summed E-state index contributed by atoms with van der Waals surface area (Å²) in [5.74, 6) is 0.443. The molecule has 4 nitrogen and oxygen atoms in total. The SMILES string of the molecule is CC1NCCC1C(=O)N(C)C1CCOC1. The lowest BCUT2D eigenvalue weighted by Gasteiger charge is -2.27. The normalized spacial score (nSPS) is 35.7. The van der Waals surface area contributed by atoms with Gasteiger partial charge in [-0.3, -0.25) is 4.79 Å². The summed E-state index contributed by atoms with van der Waals surface area (Å²) in [7, 11) is 1.91. The topological polar surface area (TPSA) is 41.6 Å². The highest BCUT2D eigenvalue weighted by atomic mass is 16.5. The van der Waals surface area contributed by atoms with Crippen LogP contribution in [0.5, 0.6) is 0 Å². The zero-order valence-corrected chi connectivity index (χ0v) is 9.53. The predicted molar refractivity (Wildman–Crippen MR) is 57.6 cm³/mol. The average Bonchev–Trinajstić information content (AvgIpc) is 2.85. The Labute approximate surface area is 91.0 Å². The summed E-state index contributed by atoms with van der Waals surface area (Å²) in [4.78, 5) is 14.1. The second-order valence-electron chi connectivity index (χ2n) is 4.60. The molecule has 0 bridgehead atoms. The van der Waals surface area contributed by atoms with Gasteiger partial charge < -0.3 is 15.0 Å². The van der Waals surface area contributed by atoms with E-state index in [-0.39, 0.29) is 11.8 Å². The molecule has 4 heteroatoms. The van der Waals surface area contributed by atoms with E-state index in [0.717, 1.165) is 26.0 Å². The largest absolute Gasteiger partial charge is 0.379 e. The molecule has 0 aromatic heterocycles.